The zero-order valence-corrected chi connectivity index (χ0v) is 19.9. The fourth-order valence-electron chi connectivity index (χ4n) is 3.12. The van der Waals surface area contributed by atoms with Crippen LogP contribution in [0.15, 0.2) is 29.3 Å². The summed E-state index contributed by atoms with van der Waals surface area (Å²) in [6.07, 6.45) is 3.11. The summed E-state index contributed by atoms with van der Waals surface area (Å²) in [5, 5.41) is 6.53. The Bertz CT molecular complexity index is 628. The summed E-state index contributed by atoms with van der Waals surface area (Å²) in [6, 6.07) is 8.16. The second kappa shape index (κ2) is 15.4. The number of carbonyl (C=O) groups excluding carboxylic acids is 1. The number of nitrogens with one attached hydrogen (secondary N) is 2. The zero-order chi connectivity index (χ0) is 20.0. The molecule has 1 aromatic rings. The van der Waals surface area contributed by atoms with Crippen molar-refractivity contribution in [1.29, 1.82) is 0 Å². The monoisotopic (exact) mass is 518 g/mol. The van der Waals surface area contributed by atoms with Crippen LogP contribution < -0.4 is 15.5 Å². The Labute approximate surface area is 191 Å². The van der Waals surface area contributed by atoms with Crippen molar-refractivity contribution in [3.63, 3.8) is 0 Å². The van der Waals surface area contributed by atoms with Gasteiger partial charge in [0, 0.05) is 52.0 Å². The number of aliphatic imine (C=N–C) groups is 1. The fraction of sp³-hybridized carbons (Fsp3) is 0.619. The van der Waals surface area contributed by atoms with E-state index in [-0.39, 0.29) is 29.9 Å². The molecule has 8 heteroatoms. The van der Waals surface area contributed by atoms with Crippen LogP contribution in [0.1, 0.15) is 31.7 Å². The first-order chi connectivity index (χ1) is 13.8. The molecule has 0 atom stereocenters. The molecule has 0 fully saturated rings. The predicted molar refractivity (Wildman–Crippen MR) is 128 cm³/mol. The maximum absolute atomic E-state index is 12.5. The summed E-state index contributed by atoms with van der Waals surface area (Å²) in [7, 11) is 1.67. The van der Waals surface area contributed by atoms with Gasteiger partial charge in [-0.05, 0) is 37.8 Å². The van der Waals surface area contributed by atoms with Crippen molar-refractivity contribution in [2.24, 2.45) is 4.99 Å². The molecule has 1 aliphatic heterocycles. The second-order valence-corrected chi connectivity index (χ2v) is 6.67. The molecule has 29 heavy (non-hydrogen) atoms. The molecule has 0 aromatic heterocycles. The number of para-hydroxylation sites is 1. The molecule has 1 heterocycles. The third-order valence-electron chi connectivity index (χ3n) is 4.54. The van der Waals surface area contributed by atoms with Gasteiger partial charge in [-0.15, -0.1) is 24.0 Å². The third kappa shape index (κ3) is 9.31. The number of nitrogens with zero attached hydrogens (tertiary/aromatic N) is 2. The number of anilines is 1. The van der Waals surface area contributed by atoms with Crippen LogP contribution in [-0.2, 0) is 20.7 Å². The van der Waals surface area contributed by atoms with E-state index in [1.807, 2.05) is 30.0 Å². The van der Waals surface area contributed by atoms with Crippen LogP contribution >= 0.6 is 24.0 Å². The normalized spacial score (nSPS) is 13.0. The summed E-state index contributed by atoms with van der Waals surface area (Å²) in [4.78, 5) is 19.0. The minimum atomic E-state index is 0. The molecular formula is C21H35IN4O3. The molecule has 0 spiro atoms. The van der Waals surface area contributed by atoms with E-state index >= 15 is 0 Å². The quantitative estimate of drug-likeness (QED) is 0.193. The van der Waals surface area contributed by atoms with Gasteiger partial charge in [-0.1, -0.05) is 18.2 Å². The molecule has 0 saturated carbocycles. The Morgan fingerprint density at radius 2 is 2.00 bits per heavy atom. The Morgan fingerprint density at radius 3 is 2.79 bits per heavy atom. The molecular weight excluding hydrogens is 483 g/mol. The zero-order valence-electron chi connectivity index (χ0n) is 17.6. The maximum Gasteiger partial charge on any atom is 0.227 e. The molecule has 1 aromatic carbocycles. The molecule has 7 nitrogen and oxygen atoms in total. The van der Waals surface area contributed by atoms with E-state index < -0.39 is 0 Å². The fourth-order valence-corrected chi connectivity index (χ4v) is 3.12. The van der Waals surface area contributed by atoms with Crippen LogP contribution in [0.25, 0.3) is 0 Å². The number of fused-ring (bicyclic) bond motifs is 1. The summed E-state index contributed by atoms with van der Waals surface area (Å²) >= 11 is 0. The summed E-state index contributed by atoms with van der Waals surface area (Å²) in [5.41, 5.74) is 2.33. The van der Waals surface area contributed by atoms with Gasteiger partial charge in [-0.3, -0.25) is 9.79 Å². The summed E-state index contributed by atoms with van der Waals surface area (Å²) < 4.78 is 10.4. The smallest absolute Gasteiger partial charge is 0.227 e. The number of amides is 1. The van der Waals surface area contributed by atoms with Gasteiger partial charge < -0.3 is 25.0 Å². The highest BCUT2D eigenvalue weighted by Gasteiger charge is 2.23. The Morgan fingerprint density at radius 1 is 1.17 bits per heavy atom. The summed E-state index contributed by atoms with van der Waals surface area (Å²) in [6.45, 7) is 7.00. The van der Waals surface area contributed by atoms with E-state index in [1.165, 1.54) is 5.56 Å². The topological polar surface area (TPSA) is 75.2 Å². The molecule has 0 unspecified atom stereocenters. The van der Waals surface area contributed by atoms with Crippen LogP contribution in [0.3, 0.4) is 0 Å². The third-order valence-corrected chi connectivity index (χ3v) is 4.54. The van der Waals surface area contributed by atoms with E-state index in [2.05, 4.69) is 21.7 Å². The van der Waals surface area contributed by atoms with Gasteiger partial charge in [0.25, 0.3) is 0 Å². The lowest BCUT2D eigenvalue weighted by atomic mass is 10.2. The Balaban J connectivity index is 0.00000420. The van der Waals surface area contributed by atoms with E-state index in [0.29, 0.717) is 32.8 Å². The number of hydrogen-bond donors (Lipinski definition) is 2. The van der Waals surface area contributed by atoms with Crippen LogP contribution in [0.5, 0.6) is 0 Å². The lowest BCUT2D eigenvalue weighted by Gasteiger charge is -2.17. The molecule has 1 amide bonds. The molecule has 0 radical (unpaired) electrons. The van der Waals surface area contributed by atoms with Crippen LogP contribution in [0.2, 0.25) is 0 Å². The van der Waals surface area contributed by atoms with Crippen molar-refractivity contribution in [2.45, 2.75) is 32.6 Å². The highest BCUT2D eigenvalue weighted by atomic mass is 127. The average molecular weight is 518 g/mol. The van der Waals surface area contributed by atoms with E-state index in [4.69, 9.17) is 9.47 Å². The largest absolute Gasteiger partial charge is 0.382 e. The van der Waals surface area contributed by atoms with Gasteiger partial charge in [-0.25, -0.2) is 0 Å². The number of methoxy groups -OCH3 is 1. The van der Waals surface area contributed by atoms with Gasteiger partial charge in [0.05, 0.1) is 13.2 Å². The lowest BCUT2D eigenvalue weighted by molar-refractivity contribution is -0.118. The number of hydrogen-bond acceptors (Lipinski definition) is 4. The predicted octanol–water partition coefficient (Wildman–Crippen LogP) is 2.58. The van der Waals surface area contributed by atoms with E-state index in [0.717, 1.165) is 50.5 Å². The second-order valence-electron chi connectivity index (χ2n) is 6.67. The Kier molecular flexibility index (Phi) is 13.7. The van der Waals surface area contributed by atoms with Gasteiger partial charge in [0.15, 0.2) is 5.96 Å². The molecule has 0 aliphatic carbocycles. The highest BCUT2D eigenvalue weighted by molar-refractivity contribution is 14.0. The standard InChI is InChI=1S/C21H34N4O3.HI/c1-3-22-21(24-13-7-15-28-17-16-27-2)23-12-6-10-20(26)25-14-11-18-8-4-5-9-19(18)25;/h4-5,8-9H,3,6-7,10-17H2,1-2H3,(H2,22,23,24);1H. The lowest BCUT2D eigenvalue weighted by Crippen LogP contribution is -2.38. The minimum absolute atomic E-state index is 0. The number of rotatable bonds is 12. The van der Waals surface area contributed by atoms with Crippen molar-refractivity contribution in [1.82, 2.24) is 10.6 Å². The molecule has 2 rings (SSSR count). The first-order valence-corrected chi connectivity index (χ1v) is 10.2. The van der Waals surface area contributed by atoms with Crippen molar-refractivity contribution in [3.8, 4) is 0 Å². The average Bonchev–Trinajstić information content (AvgIpc) is 3.14. The van der Waals surface area contributed by atoms with Crippen LogP contribution in [0.4, 0.5) is 5.69 Å². The molecule has 1 aliphatic rings. The van der Waals surface area contributed by atoms with Crippen molar-refractivity contribution in [3.05, 3.63) is 29.8 Å². The van der Waals surface area contributed by atoms with Crippen LogP contribution in [0, 0.1) is 0 Å². The van der Waals surface area contributed by atoms with Gasteiger partial charge in [0.2, 0.25) is 5.91 Å². The molecule has 0 bridgehead atoms. The van der Waals surface area contributed by atoms with E-state index in [9.17, 15) is 4.79 Å². The highest BCUT2D eigenvalue weighted by Crippen LogP contribution is 2.27. The van der Waals surface area contributed by atoms with Gasteiger partial charge >= 0.3 is 0 Å². The minimum Gasteiger partial charge on any atom is -0.382 e. The van der Waals surface area contributed by atoms with E-state index in [1.54, 1.807) is 7.11 Å². The van der Waals surface area contributed by atoms with Gasteiger partial charge in [0.1, 0.15) is 0 Å². The molecule has 164 valence electrons. The molecule has 2 N–H and O–H groups in total. The first kappa shape index (κ1) is 25.6. The number of guanidine groups is 1. The number of benzene rings is 1. The summed E-state index contributed by atoms with van der Waals surface area (Å²) in [5.74, 6) is 0.977. The van der Waals surface area contributed by atoms with Crippen molar-refractivity contribution < 1.29 is 14.3 Å². The number of carbonyl (C=O) groups is 1. The van der Waals surface area contributed by atoms with Crippen LogP contribution in [-0.4, -0.2) is 65.0 Å². The first-order valence-electron chi connectivity index (χ1n) is 10.2. The van der Waals surface area contributed by atoms with Crippen molar-refractivity contribution in [2.75, 3.05) is 58.0 Å². The Hall–Kier alpha value is -1.39. The number of halogens is 1. The van der Waals surface area contributed by atoms with Gasteiger partial charge in [-0.2, -0.15) is 0 Å². The van der Waals surface area contributed by atoms with Crippen molar-refractivity contribution >= 4 is 41.5 Å². The molecule has 0 saturated heterocycles. The maximum atomic E-state index is 12.5. The number of ether oxygens (including phenoxy) is 2. The SMILES string of the molecule is CCNC(=NCCCC(=O)N1CCc2ccccc21)NCCCOCCOC.I.